The molecule has 7 heteroatoms. The first-order valence-corrected chi connectivity index (χ1v) is 6.67. The second-order valence-corrected chi connectivity index (χ2v) is 5.08. The van der Waals surface area contributed by atoms with Crippen molar-refractivity contribution in [1.29, 1.82) is 0 Å². The van der Waals surface area contributed by atoms with Crippen LogP contribution in [-0.2, 0) is 19.1 Å². The Balaban J connectivity index is 2.57. The van der Waals surface area contributed by atoms with Crippen LogP contribution < -0.4 is 5.32 Å². The number of amides is 1. The van der Waals surface area contributed by atoms with E-state index in [9.17, 15) is 19.5 Å². The molecule has 0 aliphatic heterocycles. The van der Waals surface area contributed by atoms with E-state index in [1.165, 1.54) is 0 Å². The summed E-state index contributed by atoms with van der Waals surface area (Å²) < 4.78 is 4.33. The number of aliphatic hydroxyl groups is 1. The molecule has 1 aliphatic carbocycles. The average molecular weight is 287 g/mol. The van der Waals surface area contributed by atoms with E-state index in [4.69, 9.17) is 5.11 Å². The summed E-state index contributed by atoms with van der Waals surface area (Å²) in [5.41, 5.74) is 0. The van der Waals surface area contributed by atoms with Gasteiger partial charge in [0.2, 0.25) is 5.91 Å². The number of nitrogens with one attached hydrogen (secondary N) is 1. The Bertz CT molecular complexity index is 383. The number of esters is 1. The molecule has 1 aliphatic rings. The number of carbonyl (C=O) groups excluding carboxylic acids is 2. The fourth-order valence-corrected chi connectivity index (χ4v) is 2.59. The van der Waals surface area contributed by atoms with Crippen molar-refractivity contribution in [3.05, 3.63) is 0 Å². The van der Waals surface area contributed by atoms with Crippen molar-refractivity contribution >= 4 is 17.8 Å². The van der Waals surface area contributed by atoms with Gasteiger partial charge in [-0.25, -0.2) is 4.79 Å². The molecule has 1 fully saturated rings. The second kappa shape index (κ2) is 7.23. The molecule has 1 saturated carbocycles. The molecule has 4 atom stereocenters. The van der Waals surface area contributed by atoms with Crippen molar-refractivity contribution in [3.63, 3.8) is 0 Å². The van der Waals surface area contributed by atoms with Crippen LogP contribution in [0.5, 0.6) is 0 Å². The number of carbonyl (C=O) groups is 3. The Labute approximate surface area is 117 Å². The summed E-state index contributed by atoms with van der Waals surface area (Å²) in [6.07, 6.45) is 0.408. The van der Waals surface area contributed by atoms with Gasteiger partial charge in [0.05, 0.1) is 25.5 Å². The quantitative estimate of drug-likeness (QED) is 0.582. The lowest BCUT2D eigenvalue weighted by Crippen LogP contribution is -2.41. The monoisotopic (exact) mass is 287 g/mol. The molecule has 0 saturated heterocycles. The Kier molecular flexibility index (Phi) is 5.94. The lowest BCUT2D eigenvalue weighted by molar-refractivity contribution is -0.151. The third kappa shape index (κ3) is 3.93. The van der Waals surface area contributed by atoms with Crippen molar-refractivity contribution in [2.45, 2.75) is 32.3 Å². The number of aliphatic hydroxyl groups excluding tert-OH is 1. The first-order valence-electron chi connectivity index (χ1n) is 6.67. The number of carboxylic acid groups (broad SMARTS) is 1. The fraction of sp³-hybridized carbons (Fsp3) is 0.769. The minimum atomic E-state index is -1.43. The van der Waals surface area contributed by atoms with Crippen LogP contribution in [0, 0.1) is 17.8 Å². The highest BCUT2D eigenvalue weighted by Gasteiger charge is 2.42. The first-order chi connectivity index (χ1) is 9.40. The second-order valence-electron chi connectivity index (χ2n) is 5.08. The molecule has 0 radical (unpaired) electrons. The lowest BCUT2D eigenvalue weighted by atomic mass is 9.95. The zero-order chi connectivity index (χ0) is 15.3. The number of hydrogen-bond donors (Lipinski definition) is 3. The van der Waals surface area contributed by atoms with E-state index < -0.39 is 35.8 Å². The summed E-state index contributed by atoms with van der Waals surface area (Å²) in [6, 6.07) is 0. The molecule has 1 rings (SSSR count). The summed E-state index contributed by atoms with van der Waals surface area (Å²) in [5.74, 6) is -3.33. The third-order valence-electron chi connectivity index (χ3n) is 3.83. The average Bonchev–Trinajstić information content (AvgIpc) is 2.87. The molecular formula is C13H21NO6. The first kappa shape index (κ1) is 16.4. The van der Waals surface area contributed by atoms with Gasteiger partial charge >= 0.3 is 11.9 Å². The van der Waals surface area contributed by atoms with Gasteiger partial charge in [-0.05, 0) is 18.8 Å². The smallest absolute Gasteiger partial charge is 0.336 e. The fourth-order valence-electron chi connectivity index (χ4n) is 2.59. The summed E-state index contributed by atoms with van der Waals surface area (Å²) in [5, 5.41) is 20.9. The number of ether oxygens (including phenoxy) is 1. The van der Waals surface area contributed by atoms with Gasteiger partial charge in [0, 0.05) is 0 Å². The van der Waals surface area contributed by atoms with Crippen molar-refractivity contribution in [2.75, 3.05) is 13.7 Å². The largest absolute Gasteiger partial charge is 0.481 e. The predicted molar refractivity (Wildman–Crippen MR) is 68.7 cm³/mol. The van der Waals surface area contributed by atoms with Crippen molar-refractivity contribution in [2.24, 2.45) is 17.8 Å². The summed E-state index contributed by atoms with van der Waals surface area (Å²) in [7, 11) is 1.14. The zero-order valence-electron chi connectivity index (χ0n) is 11.7. The highest BCUT2D eigenvalue weighted by Crippen LogP contribution is 2.38. The summed E-state index contributed by atoms with van der Waals surface area (Å²) in [6.45, 7) is 1.69. The number of rotatable bonds is 6. The van der Waals surface area contributed by atoms with Crippen LogP contribution in [0.4, 0.5) is 0 Å². The molecule has 0 spiro atoms. The highest BCUT2D eigenvalue weighted by molar-refractivity contribution is 5.86. The van der Waals surface area contributed by atoms with E-state index in [0.717, 1.165) is 13.5 Å². The Hall–Kier alpha value is -1.63. The van der Waals surface area contributed by atoms with Gasteiger partial charge in [-0.15, -0.1) is 0 Å². The van der Waals surface area contributed by atoms with Crippen molar-refractivity contribution in [3.8, 4) is 0 Å². The topological polar surface area (TPSA) is 113 Å². The molecule has 0 aromatic rings. The maximum atomic E-state index is 12.0. The van der Waals surface area contributed by atoms with Gasteiger partial charge < -0.3 is 20.3 Å². The van der Waals surface area contributed by atoms with Crippen LogP contribution in [0.25, 0.3) is 0 Å². The molecular weight excluding hydrogens is 266 g/mol. The van der Waals surface area contributed by atoms with E-state index in [0.29, 0.717) is 12.8 Å². The van der Waals surface area contributed by atoms with Gasteiger partial charge in [0.1, 0.15) is 0 Å². The van der Waals surface area contributed by atoms with E-state index in [1.807, 2.05) is 6.92 Å². The standard InChI is InChI=1S/C13H21NO6/c1-3-7-4-8(9(5-7)12(17)18)11(16)14-6-10(15)13(19)20-2/h7-10,15H,3-6H2,1-2H3,(H,14,16)(H,17,18)/t7?,8-,9+,10?/m0/s1. The van der Waals surface area contributed by atoms with E-state index in [-0.39, 0.29) is 12.5 Å². The molecule has 20 heavy (non-hydrogen) atoms. The molecule has 3 N–H and O–H groups in total. The van der Waals surface area contributed by atoms with Crippen LogP contribution in [0.15, 0.2) is 0 Å². The van der Waals surface area contributed by atoms with Gasteiger partial charge in [-0.3, -0.25) is 9.59 Å². The predicted octanol–water partition coefficient (Wildman–Crippen LogP) is -0.226. The number of carboxylic acids is 1. The molecule has 0 aromatic carbocycles. The van der Waals surface area contributed by atoms with E-state index >= 15 is 0 Å². The minimum Gasteiger partial charge on any atom is -0.481 e. The summed E-state index contributed by atoms with van der Waals surface area (Å²) in [4.78, 5) is 34.2. The Morgan fingerprint density at radius 2 is 1.90 bits per heavy atom. The molecule has 1 amide bonds. The van der Waals surface area contributed by atoms with Gasteiger partial charge in [-0.2, -0.15) is 0 Å². The SMILES string of the molecule is CCC1C[C@H](C(=O)NCC(O)C(=O)OC)[C@H](C(=O)O)C1. The Morgan fingerprint density at radius 1 is 1.30 bits per heavy atom. The maximum absolute atomic E-state index is 12.0. The van der Waals surface area contributed by atoms with E-state index in [1.54, 1.807) is 0 Å². The molecule has 2 unspecified atom stereocenters. The highest BCUT2D eigenvalue weighted by atomic mass is 16.5. The van der Waals surface area contributed by atoms with Gasteiger partial charge in [0.25, 0.3) is 0 Å². The van der Waals surface area contributed by atoms with Crippen LogP contribution in [-0.4, -0.2) is 47.8 Å². The van der Waals surface area contributed by atoms with Crippen LogP contribution >= 0.6 is 0 Å². The lowest BCUT2D eigenvalue weighted by Gasteiger charge is -2.16. The molecule has 0 aromatic heterocycles. The Morgan fingerprint density at radius 3 is 2.40 bits per heavy atom. The number of hydrogen-bond acceptors (Lipinski definition) is 5. The minimum absolute atomic E-state index is 0.220. The zero-order valence-corrected chi connectivity index (χ0v) is 11.7. The molecule has 114 valence electrons. The summed E-state index contributed by atoms with van der Waals surface area (Å²) >= 11 is 0. The van der Waals surface area contributed by atoms with Gasteiger partial charge in [0.15, 0.2) is 6.10 Å². The van der Waals surface area contributed by atoms with Gasteiger partial charge in [-0.1, -0.05) is 13.3 Å². The normalized spacial score (nSPS) is 26.9. The van der Waals surface area contributed by atoms with Crippen molar-refractivity contribution in [1.82, 2.24) is 5.32 Å². The van der Waals surface area contributed by atoms with Crippen LogP contribution in [0.1, 0.15) is 26.2 Å². The van der Waals surface area contributed by atoms with Crippen LogP contribution in [0.3, 0.4) is 0 Å². The van der Waals surface area contributed by atoms with Crippen LogP contribution in [0.2, 0.25) is 0 Å². The van der Waals surface area contributed by atoms with E-state index in [2.05, 4.69) is 10.1 Å². The molecule has 0 bridgehead atoms. The molecule has 7 nitrogen and oxygen atoms in total. The third-order valence-corrected chi connectivity index (χ3v) is 3.83. The molecule has 0 heterocycles. The number of methoxy groups -OCH3 is 1. The van der Waals surface area contributed by atoms with Crippen molar-refractivity contribution < 1.29 is 29.3 Å². The number of aliphatic carboxylic acids is 1. The maximum Gasteiger partial charge on any atom is 0.336 e.